The fourth-order valence-electron chi connectivity index (χ4n) is 1.81. The summed E-state index contributed by atoms with van der Waals surface area (Å²) >= 11 is 6.15. The van der Waals surface area contributed by atoms with Gasteiger partial charge in [-0.3, -0.25) is 0 Å². The summed E-state index contributed by atoms with van der Waals surface area (Å²) in [5.41, 5.74) is 1.01. The van der Waals surface area contributed by atoms with Gasteiger partial charge < -0.3 is 15.0 Å². The third-order valence-corrected chi connectivity index (χ3v) is 2.98. The van der Waals surface area contributed by atoms with Gasteiger partial charge in [-0.25, -0.2) is 9.78 Å². The smallest absolute Gasteiger partial charge is 0.407 e. The van der Waals surface area contributed by atoms with Crippen molar-refractivity contribution in [2.45, 2.75) is 32.8 Å². The highest BCUT2D eigenvalue weighted by molar-refractivity contribution is 6.35. The molecule has 2 aromatic heterocycles. The van der Waals surface area contributed by atoms with E-state index in [1.54, 1.807) is 18.5 Å². The molecule has 0 aliphatic carbocycles. The van der Waals surface area contributed by atoms with Gasteiger partial charge in [-0.05, 0) is 26.8 Å². The van der Waals surface area contributed by atoms with Crippen LogP contribution in [-0.2, 0) is 4.74 Å². The number of aromatic amines is 1. The molecular weight excluding hydrogens is 302 g/mol. The first-order chi connectivity index (χ1) is 10.4. The summed E-state index contributed by atoms with van der Waals surface area (Å²) in [7, 11) is 0. The fraction of sp³-hybridized carbons (Fsp3) is 0.375. The van der Waals surface area contributed by atoms with Gasteiger partial charge in [0.2, 0.25) is 0 Å². The molecule has 116 valence electrons. The van der Waals surface area contributed by atoms with Crippen LogP contribution < -0.4 is 5.32 Å². The average Bonchev–Trinajstić information content (AvgIpc) is 2.81. The summed E-state index contributed by atoms with van der Waals surface area (Å²) in [5, 5.41) is 4.09. The number of H-pyrrole nitrogens is 1. The molecule has 0 spiro atoms. The van der Waals surface area contributed by atoms with Crippen molar-refractivity contribution in [1.29, 1.82) is 0 Å². The number of hydrogen-bond acceptors (Lipinski definition) is 3. The van der Waals surface area contributed by atoms with Gasteiger partial charge >= 0.3 is 6.09 Å². The lowest BCUT2D eigenvalue weighted by molar-refractivity contribution is 0.0529. The molecule has 1 amide bonds. The molecule has 2 rings (SSSR count). The minimum atomic E-state index is -0.496. The van der Waals surface area contributed by atoms with Gasteiger partial charge in [0.1, 0.15) is 11.2 Å². The predicted molar refractivity (Wildman–Crippen MR) is 86.8 cm³/mol. The highest BCUT2D eigenvalue weighted by atomic mass is 35.5. The number of hydrogen-bond donors (Lipinski definition) is 2. The lowest BCUT2D eigenvalue weighted by Crippen LogP contribution is -2.32. The van der Waals surface area contributed by atoms with Crippen molar-refractivity contribution in [3.05, 3.63) is 29.0 Å². The van der Waals surface area contributed by atoms with Gasteiger partial charge in [-0.15, -0.1) is 0 Å². The van der Waals surface area contributed by atoms with Gasteiger partial charge in [-0.2, -0.15) is 0 Å². The van der Waals surface area contributed by atoms with Crippen molar-refractivity contribution in [1.82, 2.24) is 15.3 Å². The molecule has 0 aliphatic rings. The predicted octanol–water partition coefficient (Wildman–Crippen LogP) is 3.48. The number of aromatic nitrogens is 2. The molecule has 0 radical (unpaired) electrons. The monoisotopic (exact) mass is 319 g/mol. The summed E-state index contributed by atoms with van der Waals surface area (Å²) < 4.78 is 5.13. The van der Waals surface area contributed by atoms with E-state index in [0.717, 1.165) is 10.9 Å². The van der Waals surface area contributed by atoms with Crippen LogP contribution in [0.1, 0.15) is 32.8 Å². The van der Waals surface area contributed by atoms with E-state index in [1.165, 1.54) is 0 Å². The zero-order valence-corrected chi connectivity index (χ0v) is 13.5. The second-order valence-corrected chi connectivity index (χ2v) is 6.11. The van der Waals surface area contributed by atoms with E-state index < -0.39 is 11.7 Å². The Balaban J connectivity index is 1.90. The van der Waals surface area contributed by atoms with E-state index >= 15 is 0 Å². The molecule has 0 saturated heterocycles. The average molecular weight is 320 g/mol. The number of carbonyl (C=O) groups excluding carboxylic acids is 1. The van der Waals surface area contributed by atoms with Crippen molar-refractivity contribution in [2.75, 3.05) is 6.54 Å². The van der Waals surface area contributed by atoms with Gasteiger partial charge in [-0.1, -0.05) is 23.4 Å². The number of halogens is 1. The summed E-state index contributed by atoms with van der Waals surface area (Å²) in [4.78, 5) is 18.7. The first kappa shape index (κ1) is 16.2. The minimum absolute atomic E-state index is 0.427. The molecule has 2 N–H and O–H groups in total. The highest BCUT2D eigenvalue weighted by Gasteiger charge is 2.15. The first-order valence-corrected chi connectivity index (χ1v) is 7.32. The quantitative estimate of drug-likeness (QED) is 0.658. The Labute approximate surface area is 134 Å². The van der Waals surface area contributed by atoms with Crippen LogP contribution in [0.2, 0.25) is 5.02 Å². The standard InChI is InChI=1S/C16H18ClN3O2/c1-16(2,3)22-15(21)19-8-5-4-6-11-10-20-14-13(11)12(17)7-9-18-14/h7,9-10H,5,8H2,1-3H3,(H,18,20)(H,19,21). The van der Waals surface area contributed by atoms with Crippen LogP contribution in [0, 0.1) is 11.8 Å². The van der Waals surface area contributed by atoms with Crippen molar-refractivity contribution in [3.8, 4) is 11.8 Å². The summed E-state index contributed by atoms with van der Waals surface area (Å²) in [6.07, 6.45) is 3.50. The summed E-state index contributed by atoms with van der Waals surface area (Å²) in [5.74, 6) is 6.03. The number of ether oxygens (including phenoxy) is 1. The SMILES string of the molecule is CC(C)(C)OC(=O)NCCC#Cc1c[nH]c2nccc(Cl)c12. The van der Waals surface area contributed by atoms with E-state index in [2.05, 4.69) is 27.1 Å². The number of rotatable bonds is 2. The molecule has 0 bridgehead atoms. The van der Waals surface area contributed by atoms with Crippen LogP contribution >= 0.6 is 11.6 Å². The minimum Gasteiger partial charge on any atom is -0.444 e. The van der Waals surface area contributed by atoms with E-state index in [4.69, 9.17) is 16.3 Å². The molecule has 5 nitrogen and oxygen atoms in total. The lowest BCUT2D eigenvalue weighted by atomic mass is 10.2. The van der Waals surface area contributed by atoms with Gasteiger partial charge in [0.15, 0.2) is 0 Å². The van der Waals surface area contributed by atoms with Crippen molar-refractivity contribution >= 4 is 28.7 Å². The number of pyridine rings is 1. The summed E-state index contributed by atoms with van der Waals surface area (Å²) in [6, 6.07) is 1.73. The number of carbonyl (C=O) groups is 1. The largest absolute Gasteiger partial charge is 0.444 e. The molecule has 0 atom stereocenters. The second kappa shape index (κ2) is 6.71. The third kappa shape index (κ3) is 4.40. The maximum atomic E-state index is 11.5. The number of nitrogens with zero attached hydrogens (tertiary/aromatic N) is 1. The van der Waals surface area contributed by atoms with Crippen LogP contribution in [0.25, 0.3) is 11.0 Å². The van der Waals surface area contributed by atoms with E-state index in [1.807, 2.05) is 20.8 Å². The molecule has 0 saturated carbocycles. The maximum Gasteiger partial charge on any atom is 0.407 e. The zero-order valence-electron chi connectivity index (χ0n) is 12.8. The van der Waals surface area contributed by atoms with Crippen LogP contribution in [-0.4, -0.2) is 28.2 Å². The Hall–Kier alpha value is -2.19. The van der Waals surface area contributed by atoms with E-state index in [9.17, 15) is 4.79 Å². The van der Waals surface area contributed by atoms with Crippen LogP contribution in [0.15, 0.2) is 18.5 Å². The second-order valence-electron chi connectivity index (χ2n) is 5.70. The van der Waals surface area contributed by atoms with Crippen molar-refractivity contribution < 1.29 is 9.53 Å². The molecule has 0 unspecified atom stereocenters. The molecule has 22 heavy (non-hydrogen) atoms. The Kier molecular flexibility index (Phi) is 4.94. The molecule has 2 heterocycles. The Bertz CT molecular complexity index is 735. The van der Waals surface area contributed by atoms with Crippen molar-refractivity contribution in [3.63, 3.8) is 0 Å². The topological polar surface area (TPSA) is 67.0 Å². The number of fused-ring (bicyclic) bond motifs is 1. The maximum absolute atomic E-state index is 11.5. The number of alkyl carbamates (subject to hydrolysis) is 1. The molecule has 0 fully saturated rings. The third-order valence-electron chi connectivity index (χ3n) is 2.66. The summed E-state index contributed by atoms with van der Waals surface area (Å²) in [6.45, 7) is 5.89. The zero-order chi connectivity index (χ0) is 16.2. The highest BCUT2D eigenvalue weighted by Crippen LogP contribution is 2.24. The molecule has 2 aromatic rings. The van der Waals surface area contributed by atoms with E-state index in [0.29, 0.717) is 23.6 Å². The normalized spacial score (nSPS) is 10.9. The first-order valence-electron chi connectivity index (χ1n) is 6.94. The number of nitrogens with one attached hydrogen (secondary N) is 2. The van der Waals surface area contributed by atoms with Gasteiger partial charge in [0, 0.05) is 25.4 Å². The van der Waals surface area contributed by atoms with Crippen LogP contribution in [0.4, 0.5) is 4.79 Å². The Morgan fingerprint density at radius 2 is 2.27 bits per heavy atom. The van der Waals surface area contributed by atoms with E-state index in [-0.39, 0.29) is 0 Å². The molecule has 0 aliphatic heterocycles. The molecule has 6 heteroatoms. The number of amides is 1. The van der Waals surface area contributed by atoms with Crippen LogP contribution in [0.5, 0.6) is 0 Å². The molecule has 0 aromatic carbocycles. The fourth-order valence-corrected chi connectivity index (χ4v) is 2.06. The molecular formula is C16H18ClN3O2. The Morgan fingerprint density at radius 3 is 3.00 bits per heavy atom. The van der Waals surface area contributed by atoms with Gasteiger partial charge in [0.05, 0.1) is 16.0 Å². The Morgan fingerprint density at radius 1 is 1.50 bits per heavy atom. The van der Waals surface area contributed by atoms with Crippen molar-refractivity contribution in [2.24, 2.45) is 0 Å². The van der Waals surface area contributed by atoms with Gasteiger partial charge in [0.25, 0.3) is 0 Å². The van der Waals surface area contributed by atoms with Crippen LogP contribution in [0.3, 0.4) is 0 Å². The lowest BCUT2D eigenvalue weighted by Gasteiger charge is -2.19.